The van der Waals surface area contributed by atoms with Crippen molar-refractivity contribution in [3.05, 3.63) is 28.3 Å². The van der Waals surface area contributed by atoms with E-state index in [4.69, 9.17) is 11.6 Å². The average Bonchev–Trinajstić information content (AvgIpc) is 2.33. The van der Waals surface area contributed by atoms with Crippen molar-refractivity contribution in [2.45, 2.75) is 40.0 Å². The maximum atomic E-state index is 11.8. The van der Waals surface area contributed by atoms with Gasteiger partial charge in [-0.15, -0.1) is 0 Å². The minimum Gasteiger partial charge on any atom is -0.325 e. The quantitative estimate of drug-likeness (QED) is 0.749. The number of amides is 1. The molecule has 1 amide bonds. The molecule has 0 fully saturated rings. The van der Waals surface area contributed by atoms with Crippen molar-refractivity contribution in [2.75, 3.05) is 18.4 Å². The lowest BCUT2D eigenvalue weighted by atomic mass is 10.1. The summed E-state index contributed by atoms with van der Waals surface area (Å²) in [6.45, 7) is 7.76. The van der Waals surface area contributed by atoms with Gasteiger partial charge in [-0.05, 0) is 44.0 Å². The third kappa shape index (κ3) is 5.62. The number of anilines is 1. The van der Waals surface area contributed by atoms with Gasteiger partial charge in [0.05, 0.1) is 10.7 Å². The van der Waals surface area contributed by atoms with Crippen molar-refractivity contribution >= 4 is 23.2 Å². The Labute approximate surface area is 120 Å². The molecular formula is C15H23ClN2O. The number of aryl methyl sites for hydroxylation is 2. The van der Waals surface area contributed by atoms with E-state index in [1.54, 1.807) is 0 Å². The molecule has 1 rings (SSSR count). The number of benzene rings is 1. The molecule has 1 aromatic carbocycles. The third-order valence-corrected chi connectivity index (χ3v) is 3.23. The maximum Gasteiger partial charge on any atom is 0.225 e. The first-order chi connectivity index (χ1) is 9.04. The Balaban J connectivity index is 2.44. The standard InChI is InChI=1S/C15H23ClN2O/c1-4-5-7-17-8-6-14(19)18-15-12(3)9-11(2)10-13(15)16/h9-10,17H,4-8H2,1-3H3,(H,18,19). The van der Waals surface area contributed by atoms with Crippen LogP contribution < -0.4 is 10.6 Å². The number of nitrogens with one attached hydrogen (secondary N) is 2. The zero-order valence-corrected chi connectivity index (χ0v) is 12.7. The van der Waals surface area contributed by atoms with Gasteiger partial charge in [0.1, 0.15) is 0 Å². The van der Waals surface area contributed by atoms with Crippen molar-refractivity contribution in [3.63, 3.8) is 0 Å². The first kappa shape index (κ1) is 16.0. The number of hydrogen-bond donors (Lipinski definition) is 2. The van der Waals surface area contributed by atoms with E-state index >= 15 is 0 Å². The average molecular weight is 283 g/mol. The number of unbranched alkanes of at least 4 members (excludes halogenated alkanes) is 1. The molecule has 19 heavy (non-hydrogen) atoms. The van der Waals surface area contributed by atoms with Gasteiger partial charge in [0.2, 0.25) is 5.91 Å². The van der Waals surface area contributed by atoms with Gasteiger partial charge in [-0.1, -0.05) is 31.0 Å². The van der Waals surface area contributed by atoms with Crippen LogP contribution in [0.4, 0.5) is 5.69 Å². The number of hydrogen-bond acceptors (Lipinski definition) is 2. The van der Waals surface area contributed by atoms with Crippen LogP contribution in [0.1, 0.15) is 37.3 Å². The van der Waals surface area contributed by atoms with E-state index in [0.29, 0.717) is 18.0 Å². The highest BCUT2D eigenvalue weighted by molar-refractivity contribution is 6.34. The molecule has 0 aliphatic carbocycles. The zero-order valence-electron chi connectivity index (χ0n) is 12.0. The van der Waals surface area contributed by atoms with Crippen LogP contribution in [-0.4, -0.2) is 19.0 Å². The van der Waals surface area contributed by atoms with E-state index in [2.05, 4.69) is 17.6 Å². The predicted molar refractivity (Wildman–Crippen MR) is 82.0 cm³/mol. The molecule has 106 valence electrons. The van der Waals surface area contributed by atoms with E-state index in [1.165, 1.54) is 0 Å². The lowest BCUT2D eigenvalue weighted by Gasteiger charge is -2.11. The first-order valence-corrected chi connectivity index (χ1v) is 7.19. The van der Waals surface area contributed by atoms with Gasteiger partial charge in [-0.3, -0.25) is 4.79 Å². The predicted octanol–water partition coefficient (Wildman–Crippen LogP) is 3.68. The van der Waals surface area contributed by atoms with E-state index < -0.39 is 0 Å². The highest BCUT2D eigenvalue weighted by atomic mass is 35.5. The maximum absolute atomic E-state index is 11.8. The molecule has 0 saturated heterocycles. The second-order valence-electron chi connectivity index (χ2n) is 4.84. The molecule has 0 atom stereocenters. The molecule has 0 aliphatic heterocycles. The largest absolute Gasteiger partial charge is 0.325 e. The Morgan fingerprint density at radius 2 is 2.00 bits per heavy atom. The van der Waals surface area contributed by atoms with Crippen LogP contribution in [0.5, 0.6) is 0 Å². The van der Waals surface area contributed by atoms with Crippen LogP contribution in [0.3, 0.4) is 0 Å². The van der Waals surface area contributed by atoms with Crippen molar-refractivity contribution in [1.29, 1.82) is 0 Å². The number of carbonyl (C=O) groups excluding carboxylic acids is 1. The summed E-state index contributed by atoms with van der Waals surface area (Å²) in [4.78, 5) is 11.8. The fourth-order valence-corrected chi connectivity index (χ4v) is 2.27. The Morgan fingerprint density at radius 1 is 1.26 bits per heavy atom. The summed E-state index contributed by atoms with van der Waals surface area (Å²) < 4.78 is 0. The fraction of sp³-hybridized carbons (Fsp3) is 0.533. The lowest BCUT2D eigenvalue weighted by Crippen LogP contribution is -2.22. The summed E-state index contributed by atoms with van der Waals surface area (Å²) in [7, 11) is 0. The molecule has 0 unspecified atom stereocenters. The molecule has 1 aromatic rings. The van der Waals surface area contributed by atoms with E-state index in [1.807, 2.05) is 26.0 Å². The summed E-state index contributed by atoms with van der Waals surface area (Å²) >= 11 is 6.15. The molecule has 3 nitrogen and oxygen atoms in total. The number of carbonyl (C=O) groups is 1. The molecule has 0 saturated carbocycles. The molecule has 0 heterocycles. The molecule has 0 radical (unpaired) electrons. The normalized spacial score (nSPS) is 10.5. The monoisotopic (exact) mass is 282 g/mol. The Kier molecular flexibility index (Phi) is 6.89. The number of halogens is 1. The second-order valence-corrected chi connectivity index (χ2v) is 5.25. The summed E-state index contributed by atoms with van der Waals surface area (Å²) in [6.07, 6.45) is 2.77. The van der Waals surface area contributed by atoms with Crippen molar-refractivity contribution in [3.8, 4) is 0 Å². The van der Waals surface area contributed by atoms with Gasteiger partial charge in [0, 0.05) is 13.0 Å². The zero-order chi connectivity index (χ0) is 14.3. The van der Waals surface area contributed by atoms with Crippen molar-refractivity contribution < 1.29 is 4.79 Å². The summed E-state index contributed by atoms with van der Waals surface area (Å²) in [5, 5.41) is 6.73. The van der Waals surface area contributed by atoms with Gasteiger partial charge in [0.15, 0.2) is 0 Å². The molecule has 4 heteroatoms. The van der Waals surface area contributed by atoms with Crippen LogP contribution in [0.25, 0.3) is 0 Å². The Bertz CT molecular complexity index is 409. The molecular weight excluding hydrogens is 260 g/mol. The highest BCUT2D eigenvalue weighted by Gasteiger charge is 2.09. The summed E-state index contributed by atoms with van der Waals surface area (Å²) in [6, 6.07) is 3.88. The highest BCUT2D eigenvalue weighted by Crippen LogP contribution is 2.27. The lowest BCUT2D eigenvalue weighted by molar-refractivity contribution is -0.116. The second kappa shape index (κ2) is 8.18. The molecule has 0 spiro atoms. The first-order valence-electron chi connectivity index (χ1n) is 6.82. The molecule has 0 bridgehead atoms. The van der Waals surface area contributed by atoms with Crippen LogP contribution in [0, 0.1) is 13.8 Å². The van der Waals surface area contributed by atoms with E-state index in [0.717, 1.165) is 36.2 Å². The molecule has 0 aromatic heterocycles. The van der Waals surface area contributed by atoms with Gasteiger partial charge < -0.3 is 10.6 Å². The van der Waals surface area contributed by atoms with Gasteiger partial charge in [-0.25, -0.2) is 0 Å². The third-order valence-electron chi connectivity index (χ3n) is 2.93. The Hall–Kier alpha value is -1.06. The van der Waals surface area contributed by atoms with Crippen LogP contribution >= 0.6 is 11.6 Å². The van der Waals surface area contributed by atoms with E-state index in [9.17, 15) is 4.79 Å². The minimum atomic E-state index is -0.00199. The molecule has 2 N–H and O–H groups in total. The number of rotatable bonds is 7. The fourth-order valence-electron chi connectivity index (χ4n) is 1.90. The minimum absolute atomic E-state index is 0.00199. The topological polar surface area (TPSA) is 41.1 Å². The SMILES string of the molecule is CCCCNCCC(=O)Nc1c(C)cc(C)cc1Cl. The van der Waals surface area contributed by atoms with Crippen molar-refractivity contribution in [2.24, 2.45) is 0 Å². The van der Waals surface area contributed by atoms with Crippen molar-refractivity contribution in [1.82, 2.24) is 5.32 Å². The molecule has 0 aliphatic rings. The summed E-state index contributed by atoms with van der Waals surface area (Å²) in [5.74, 6) is -0.00199. The Morgan fingerprint density at radius 3 is 2.63 bits per heavy atom. The smallest absolute Gasteiger partial charge is 0.225 e. The summed E-state index contributed by atoms with van der Waals surface area (Å²) in [5.41, 5.74) is 2.82. The van der Waals surface area contributed by atoms with Gasteiger partial charge in [0.25, 0.3) is 0 Å². The van der Waals surface area contributed by atoms with Crippen LogP contribution in [0.15, 0.2) is 12.1 Å². The van der Waals surface area contributed by atoms with Crippen LogP contribution in [-0.2, 0) is 4.79 Å². The van der Waals surface area contributed by atoms with Gasteiger partial charge in [-0.2, -0.15) is 0 Å². The van der Waals surface area contributed by atoms with Gasteiger partial charge >= 0.3 is 0 Å². The van der Waals surface area contributed by atoms with E-state index in [-0.39, 0.29) is 5.91 Å². The van der Waals surface area contributed by atoms with Crippen LogP contribution in [0.2, 0.25) is 5.02 Å².